The molecule has 1 unspecified atom stereocenters. The highest BCUT2D eigenvalue weighted by molar-refractivity contribution is 5.78. The summed E-state index contributed by atoms with van der Waals surface area (Å²) in [4.78, 5) is 14.7. The standard InChI is InChI=1S/C20H27N3O2/c1-14(2)16-8-7-15(3)19(10-16)25-13-20(24)23-9-5-4-6-18(23)17-11-21-22-12-17/h7-8,10-12,14,18H,4-6,9,13H2,1-3H3,(H,21,22). The van der Waals surface area contributed by atoms with Gasteiger partial charge in [0.2, 0.25) is 0 Å². The molecule has 1 amide bonds. The molecule has 1 N–H and O–H groups in total. The number of carbonyl (C=O) groups is 1. The molecule has 0 saturated carbocycles. The highest BCUT2D eigenvalue weighted by atomic mass is 16.5. The van der Waals surface area contributed by atoms with Gasteiger partial charge < -0.3 is 9.64 Å². The van der Waals surface area contributed by atoms with Gasteiger partial charge in [0, 0.05) is 18.3 Å². The van der Waals surface area contributed by atoms with Gasteiger partial charge >= 0.3 is 0 Å². The van der Waals surface area contributed by atoms with Gasteiger partial charge in [-0.1, -0.05) is 26.0 Å². The van der Waals surface area contributed by atoms with Crippen LogP contribution in [0.15, 0.2) is 30.6 Å². The first-order chi connectivity index (χ1) is 12.1. The van der Waals surface area contributed by atoms with Crippen LogP contribution in [0.3, 0.4) is 0 Å². The summed E-state index contributed by atoms with van der Waals surface area (Å²) < 4.78 is 5.89. The summed E-state index contributed by atoms with van der Waals surface area (Å²) in [5, 5.41) is 6.88. The van der Waals surface area contributed by atoms with E-state index < -0.39 is 0 Å². The SMILES string of the molecule is Cc1ccc(C(C)C)cc1OCC(=O)N1CCCCC1c1cn[nH]c1. The van der Waals surface area contributed by atoms with Gasteiger partial charge in [-0.05, 0) is 49.3 Å². The van der Waals surface area contributed by atoms with Gasteiger partial charge in [-0.3, -0.25) is 9.89 Å². The van der Waals surface area contributed by atoms with E-state index in [1.807, 2.05) is 24.2 Å². The van der Waals surface area contributed by atoms with Gasteiger partial charge in [-0.15, -0.1) is 0 Å². The highest BCUT2D eigenvalue weighted by Gasteiger charge is 2.28. The maximum Gasteiger partial charge on any atom is 0.261 e. The summed E-state index contributed by atoms with van der Waals surface area (Å²) in [5.74, 6) is 1.28. The molecule has 1 aromatic carbocycles. The van der Waals surface area contributed by atoms with Crippen molar-refractivity contribution in [1.82, 2.24) is 15.1 Å². The Kier molecular flexibility index (Phi) is 5.41. The van der Waals surface area contributed by atoms with E-state index in [4.69, 9.17) is 4.74 Å². The summed E-state index contributed by atoms with van der Waals surface area (Å²) in [5.41, 5.74) is 3.36. The second-order valence-electron chi connectivity index (χ2n) is 7.10. The number of aromatic nitrogens is 2. The molecule has 134 valence electrons. The Morgan fingerprint density at radius 3 is 2.96 bits per heavy atom. The van der Waals surface area contributed by atoms with Crippen LogP contribution in [0.4, 0.5) is 0 Å². The fourth-order valence-corrected chi connectivity index (χ4v) is 3.37. The summed E-state index contributed by atoms with van der Waals surface area (Å²) >= 11 is 0. The lowest BCUT2D eigenvalue weighted by Crippen LogP contribution is -2.41. The molecule has 0 spiro atoms. The van der Waals surface area contributed by atoms with Crippen LogP contribution in [0, 0.1) is 6.92 Å². The second kappa shape index (κ2) is 7.72. The van der Waals surface area contributed by atoms with E-state index in [-0.39, 0.29) is 18.6 Å². The topological polar surface area (TPSA) is 58.2 Å². The minimum atomic E-state index is 0.0419. The van der Waals surface area contributed by atoms with Crippen molar-refractivity contribution in [1.29, 1.82) is 0 Å². The third-order valence-corrected chi connectivity index (χ3v) is 4.96. The summed E-state index contributed by atoms with van der Waals surface area (Å²) in [6.07, 6.45) is 6.85. The minimum absolute atomic E-state index is 0.0419. The van der Waals surface area contributed by atoms with Crippen LogP contribution in [0.1, 0.15) is 61.8 Å². The summed E-state index contributed by atoms with van der Waals surface area (Å²) in [6.45, 7) is 7.19. The number of aryl methyl sites for hydroxylation is 1. The Labute approximate surface area is 149 Å². The summed E-state index contributed by atoms with van der Waals surface area (Å²) in [6, 6.07) is 6.34. The van der Waals surface area contributed by atoms with Crippen LogP contribution in [0.25, 0.3) is 0 Å². The molecule has 1 aliphatic rings. The van der Waals surface area contributed by atoms with Crippen LogP contribution in [-0.4, -0.2) is 34.2 Å². The third-order valence-electron chi connectivity index (χ3n) is 4.96. The molecule has 3 rings (SSSR count). The van der Waals surface area contributed by atoms with Crippen molar-refractivity contribution < 1.29 is 9.53 Å². The number of carbonyl (C=O) groups excluding carboxylic acids is 1. The van der Waals surface area contributed by atoms with Crippen LogP contribution < -0.4 is 4.74 Å². The number of aromatic amines is 1. The number of piperidine rings is 1. The summed E-state index contributed by atoms with van der Waals surface area (Å²) in [7, 11) is 0. The minimum Gasteiger partial charge on any atom is -0.483 e. The lowest BCUT2D eigenvalue weighted by Gasteiger charge is -2.35. The number of benzene rings is 1. The van der Waals surface area contributed by atoms with Gasteiger partial charge in [0.15, 0.2) is 6.61 Å². The number of likely N-dealkylation sites (tertiary alicyclic amines) is 1. The van der Waals surface area contributed by atoms with E-state index in [1.165, 1.54) is 5.56 Å². The lowest BCUT2D eigenvalue weighted by atomic mass is 9.97. The van der Waals surface area contributed by atoms with Crippen LogP contribution in [0.5, 0.6) is 5.75 Å². The van der Waals surface area contributed by atoms with Crippen molar-refractivity contribution in [3.63, 3.8) is 0 Å². The molecule has 1 aliphatic heterocycles. The van der Waals surface area contributed by atoms with Gasteiger partial charge in [-0.2, -0.15) is 5.10 Å². The molecule has 0 bridgehead atoms. The Hall–Kier alpha value is -2.30. The third kappa shape index (κ3) is 4.03. The number of ether oxygens (including phenoxy) is 1. The number of amides is 1. The van der Waals surface area contributed by atoms with Crippen LogP contribution in [-0.2, 0) is 4.79 Å². The van der Waals surface area contributed by atoms with Crippen LogP contribution >= 0.6 is 0 Å². The lowest BCUT2D eigenvalue weighted by molar-refractivity contribution is -0.137. The fraction of sp³-hybridized carbons (Fsp3) is 0.500. The Morgan fingerprint density at radius 1 is 1.40 bits per heavy atom. The van der Waals surface area contributed by atoms with E-state index in [9.17, 15) is 4.79 Å². The molecule has 5 nitrogen and oxygen atoms in total. The van der Waals surface area contributed by atoms with Crippen molar-refractivity contribution in [2.75, 3.05) is 13.2 Å². The zero-order valence-corrected chi connectivity index (χ0v) is 15.3. The zero-order valence-electron chi connectivity index (χ0n) is 15.3. The molecule has 2 heterocycles. The fourth-order valence-electron chi connectivity index (χ4n) is 3.37. The molecular weight excluding hydrogens is 314 g/mol. The van der Waals surface area contributed by atoms with Crippen molar-refractivity contribution >= 4 is 5.91 Å². The average molecular weight is 341 g/mol. The van der Waals surface area contributed by atoms with Gasteiger partial charge in [-0.25, -0.2) is 0 Å². The van der Waals surface area contributed by atoms with Crippen molar-refractivity contribution in [3.05, 3.63) is 47.3 Å². The monoisotopic (exact) mass is 341 g/mol. The molecule has 1 atom stereocenters. The number of rotatable bonds is 5. The van der Waals surface area contributed by atoms with E-state index in [2.05, 4.69) is 42.2 Å². The quantitative estimate of drug-likeness (QED) is 0.895. The maximum absolute atomic E-state index is 12.8. The highest BCUT2D eigenvalue weighted by Crippen LogP contribution is 2.30. The number of H-pyrrole nitrogens is 1. The molecule has 1 aromatic heterocycles. The van der Waals surface area contributed by atoms with Crippen molar-refractivity contribution in [3.8, 4) is 5.75 Å². The van der Waals surface area contributed by atoms with E-state index >= 15 is 0 Å². The number of nitrogens with one attached hydrogen (secondary N) is 1. The molecule has 0 radical (unpaired) electrons. The van der Waals surface area contributed by atoms with Crippen molar-refractivity contribution in [2.24, 2.45) is 0 Å². The number of hydrogen-bond donors (Lipinski definition) is 1. The van der Waals surface area contributed by atoms with Gasteiger partial charge in [0.1, 0.15) is 5.75 Å². The normalized spacial score (nSPS) is 17.8. The molecule has 5 heteroatoms. The predicted octanol–water partition coefficient (Wildman–Crippen LogP) is 3.97. The molecule has 0 aliphatic carbocycles. The first-order valence-electron chi connectivity index (χ1n) is 9.07. The maximum atomic E-state index is 12.8. The molecular formula is C20H27N3O2. The van der Waals surface area contributed by atoms with Gasteiger partial charge in [0.05, 0.1) is 12.2 Å². The first kappa shape index (κ1) is 17.5. The Balaban J connectivity index is 1.68. The molecule has 25 heavy (non-hydrogen) atoms. The molecule has 1 fully saturated rings. The van der Waals surface area contributed by atoms with E-state index in [0.717, 1.165) is 42.7 Å². The largest absolute Gasteiger partial charge is 0.483 e. The smallest absolute Gasteiger partial charge is 0.261 e. The average Bonchev–Trinajstić information content (AvgIpc) is 3.15. The Morgan fingerprint density at radius 2 is 2.24 bits per heavy atom. The second-order valence-corrected chi connectivity index (χ2v) is 7.10. The molecule has 2 aromatic rings. The predicted molar refractivity (Wildman–Crippen MR) is 97.7 cm³/mol. The van der Waals surface area contributed by atoms with E-state index in [1.54, 1.807) is 0 Å². The van der Waals surface area contributed by atoms with Crippen LogP contribution in [0.2, 0.25) is 0 Å². The zero-order chi connectivity index (χ0) is 17.8. The Bertz CT molecular complexity index is 710. The first-order valence-corrected chi connectivity index (χ1v) is 9.07. The molecule has 1 saturated heterocycles. The van der Waals surface area contributed by atoms with Crippen molar-refractivity contribution in [2.45, 2.75) is 52.0 Å². The van der Waals surface area contributed by atoms with Gasteiger partial charge in [0.25, 0.3) is 5.91 Å². The number of nitrogens with zero attached hydrogens (tertiary/aromatic N) is 2. The number of hydrogen-bond acceptors (Lipinski definition) is 3. The van der Waals surface area contributed by atoms with E-state index in [0.29, 0.717) is 5.92 Å².